The molecule has 1 aromatic heterocycles. The molecular formula is C18H29N3O. The Morgan fingerprint density at radius 1 is 1.18 bits per heavy atom. The number of rotatable bonds is 4. The molecule has 0 aliphatic carbocycles. The molecule has 0 N–H and O–H groups in total. The van der Waals surface area contributed by atoms with E-state index in [-0.39, 0.29) is 11.9 Å². The highest BCUT2D eigenvalue weighted by Gasteiger charge is 2.34. The summed E-state index contributed by atoms with van der Waals surface area (Å²) in [6, 6.07) is 4.56. The Kier molecular flexibility index (Phi) is 4.87. The van der Waals surface area contributed by atoms with Crippen molar-refractivity contribution in [2.75, 3.05) is 26.7 Å². The van der Waals surface area contributed by atoms with Gasteiger partial charge in [-0.25, -0.2) is 0 Å². The summed E-state index contributed by atoms with van der Waals surface area (Å²) in [6.07, 6.45) is 10.5. The van der Waals surface area contributed by atoms with Crippen molar-refractivity contribution < 1.29 is 4.79 Å². The van der Waals surface area contributed by atoms with Gasteiger partial charge in [0.1, 0.15) is 6.04 Å². The number of carbonyl (C=O) groups is 1. The lowest BCUT2D eigenvalue weighted by atomic mass is 9.83. The van der Waals surface area contributed by atoms with Crippen LogP contribution < -0.4 is 0 Å². The van der Waals surface area contributed by atoms with Crippen LogP contribution in [-0.2, 0) is 4.79 Å². The van der Waals surface area contributed by atoms with Crippen molar-refractivity contribution in [3.05, 3.63) is 24.5 Å². The van der Waals surface area contributed by atoms with Crippen LogP contribution in [0.5, 0.6) is 0 Å². The molecule has 0 bridgehead atoms. The molecule has 3 heterocycles. The highest BCUT2D eigenvalue weighted by molar-refractivity contribution is 5.79. The molecule has 3 unspecified atom stereocenters. The van der Waals surface area contributed by atoms with Gasteiger partial charge in [-0.2, -0.15) is 0 Å². The van der Waals surface area contributed by atoms with Gasteiger partial charge in [-0.1, -0.05) is 6.42 Å². The molecule has 1 amide bonds. The molecule has 122 valence electrons. The maximum Gasteiger partial charge on any atom is 0.245 e. The van der Waals surface area contributed by atoms with Crippen molar-refractivity contribution in [1.82, 2.24) is 14.4 Å². The monoisotopic (exact) mass is 303 g/mol. The summed E-state index contributed by atoms with van der Waals surface area (Å²) in [6.45, 7) is 5.43. The number of nitrogens with zero attached hydrogens (tertiary/aromatic N) is 3. The van der Waals surface area contributed by atoms with Gasteiger partial charge in [-0.05, 0) is 63.7 Å². The average Bonchev–Trinajstić information content (AvgIpc) is 3.08. The molecule has 3 rings (SSSR count). The van der Waals surface area contributed by atoms with Gasteiger partial charge in [0.25, 0.3) is 0 Å². The van der Waals surface area contributed by atoms with Crippen molar-refractivity contribution in [2.24, 2.45) is 5.92 Å². The normalized spacial score (nSPS) is 27.2. The number of likely N-dealkylation sites (N-methyl/N-ethyl adjacent to an activating group) is 1. The molecule has 2 aliphatic rings. The molecular weight excluding hydrogens is 274 g/mol. The third-order valence-electron chi connectivity index (χ3n) is 5.55. The second-order valence-corrected chi connectivity index (χ2v) is 7.03. The first-order valence-corrected chi connectivity index (χ1v) is 8.78. The Bertz CT molecular complexity index is 483. The molecule has 0 aromatic carbocycles. The van der Waals surface area contributed by atoms with E-state index >= 15 is 0 Å². The van der Waals surface area contributed by atoms with Crippen molar-refractivity contribution in [1.29, 1.82) is 0 Å². The van der Waals surface area contributed by atoms with Gasteiger partial charge >= 0.3 is 0 Å². The topological polar surface area (TPSA) is 28.5 Å². The van der Waals surface area contributed by atoms with Crippen molar-refractivity contribution in [2.45, 2.75) is 51.1 Å². The van der Waals surface area contributed by atoms with Crippen molar-refractivity contribution >= 4 is 5.91 Å². The minimum Gasteiger partial charge on any atom is -0.344 e. The second kappa shape index (κ2) is 6.86. The zero-order chi connectivity index (χ0) is 15.5. The average molecular weight is 303 g/mol. The molecule has 2 aliphatic heterocycles. The Hall–Kier alpha value is -1.29. The van der Waals surface area contributed by atoms with Crippen LogP contribution in [0.4, 0.5) is 0 Å². The van der Waals surface area contributed by atoms with Crippen LogP contribution in [0.15, 0.2) is 24.5 Å². The lowest BCUT2D eigenvalue weighted by molar-refractivity contribution is -0.134. The molecule has 1 aromatic rings. The Balaban J connectivity index is 1.60. The molecule has 2 saturated heterocycles. The molecule has 3 atom stereocenters. The number of fused-ring (bicyclic) bond motifs is 1. The van der Waals surface area contributed by atoms with Gasteiger partial charge in [0, 0.05) is 32.0 Å². The maximum absolute atomic E-state index is 12.7. The SMILES string of the molecule is CC(C(=O)N(C)CC1CCCN2CCCCC12)n1cccc1. The molecule has 0 radical (unpaired) electrons. The predicted molar refractivity (Wildman–Crippen MR) is 88.7 cm³/mol. The van der Waals surface area contributed by atoms with E-state index in [1.54, 1.807) is 0 Å². The molecule has 22 heavy (non-hydrogen) atoms. The lowest BCUT2D eigenvalue weighted by Crippen LogP contribution is -2.51. The smallest absolute Gasteiger partial charge is 0.245 e. The number of hydrogen-bond acceptors (Lipinski definition) is 2. The zero-order valence-electron chi connectivity index (χ0n) is 13.9. The number of aromatic nitrogens is 1. The third-order valence-corrected chi connectivity index (χ3v) is 5.55. The fourth-order valence-corrected chi connectivity index (χ4v) is 4.28. The quantitative estimate of drug-likeness (QED) is 0.855. The molecule has 0 saturated carbocycles. The molecule has 0 spiro atoms. The molecule has 4 heteroatoms. The van der Waals surface area contributed by atoms with Gasteiger partial charge in [0.2, 0.25) is 5.91 Å². The van der Waals surface area contributed by atoms with Gasteiger partial charge in [-0.15, -0.1) is 0 Å². The summed E-state index contributed by atoms with van der Waals surface area (Å²) in [4.78, 5) is 17.3. The van der Waals surface area contributed by atoms with Gasteiger partial charge < -0.3 is 14.4 Å². The summed E-state index contributed by atoms with van der Waals surface area (Å²) in [5.41, 5.74) is 0. The zero-order valence-corrected chi connectivity index (χ0v) is 13.9. The summed E-state index contributed by atoms with van der Waals surface area (Å²) in [5.74, 6) is 0.879. The van der Waals surface area contributed by atoms with E-state index in [4.69, 9.17) is 0 Å². The first kappa shape index (κ1) is 15.6. The number of carbonyl (C=O) groups excluding carboxylic acids is 1. The highest BCUT2D eigenvalue weighted by atomic mass is 16.2. The Morgan fingerprint density at radius 3 is 2.68 bits per heavy atom. The molecule has 4 nitrogen and oxygen atoms in total. The van der Waals surface area contributed by atoms with Gasteiger partial charge in [-0.3, -0.25) is 4.79 Å². The first-order valence-electron chi connectivity index (χ1n) is 8.78. The number of hydrogen-bond donors (Lipinski definition) is 0. The van der Waals surface area contributed by atoms with Crippen LogP contribution in [-0.4, -0.2) is 53.0 Å². The van der Waals surface area contributed by atoms with Gasteiger partial charge in [0.05, 0.1) is 0 Å². The van der Waals surface area contributed by atoms with Crippen LogP contribution in [0.3, 0.4) is 0 Å². The van der Waals surface area contributed by atoms with Crippen LogP contribution in [0.1, 0.15) is 45.1 Å². The Morgan fingerprint density at radius 2 is 1.91 bits per heavy atom. The van der Waals surface area contributed by atoms with E-state index < -0.39 is 0 Å². The standard InChI is InChI=1S/C18H29N3O/c1-15(20-10-5-6-11-20)18(22)19(2)14-16-8-7-13-21-12-4-3-9-17(16)21/h5-6,10-11,15-17H,3-4,7-9,12-14H2,1-2H3. The van der Waals surface area contributed by atoms with E-state index in [1.165, 1.54) is 45.2 Å². The van der Waals surface area contributed by atoms with Gasteiger partial charge in [0.15, 0.2) is 0 Å². The van der Waals surface area contributed by atoms with Crippen LogP contribution in [0, 0.1) is 5.92 Å². The van der Waals surface area contributed by atoms with Crippen LogP contribution in [0.2, 0.25) is 0 Å². The largest absolute Gasteiger partial charge is 0.344 e. The third kappa shape index (κ3) is 3.22. The van der Waals surface area contributed by atoms with E-state index in [2.05, 4.69) is 4.90 Å². The molecule has 2 fully saturated rings. The van der Waals surface area contributed by atoms with E-state index in [1.807, 2.05) is 48.0 Å². The summed E-state index contributed by atoms with van der Waals surface area (Å²) >= 11 is 0. The number of piperidine rings is 2. The van der Waals surface area contributed by atoms with Crippen molar-refractivity contribution in [3.8, 4) is 0 Å². The Labute approximate surface area is 134 Å². The summed E-state index contributed by atoms with van der Waals surface area (Å²) in [7, 11) is 1.98. The maximum atomic E-state index is 12.7. The van der Waals surface area contributed by atoms with E-state index in [0.29, 0.717) is 12.0 Å². The van der Waals surface area contributed by atoms with E-state index in [0.717, 1.165) is 6.54 Å². The van der Waals surface area contributed by atoms with Crippen molar-refractivity contribution in [3.63, 3.8) is 0 Å². The minimum absolute atomic E-state index is 0.106. The summed E-state index contributed by atoms with van der Waals surface area (Å²) < 4.78 is 1.99. The first-order chi connectivity index (χ1) is 10.7. The highest BCUT2D eigenvalue weighted by Crippen LogP contribution is 2.31. The number of amides is 1. The lowest BCUT2D eigenvalue weighted by Gasteiger charge is -2.45. The fourth-order valence-electron chi connectivity index (χ4n) is 4.28. The predicted octanol–water partition coefficient (Wildman–Crippen LogP) is 2.77. The van der Waals surface area contributed by atoms with E-state index in [9.17, 15) is 4.79 Å². The minimum atomic E-state index is -0.106. The fraction of sp³-hybridized carbons (Fsp3) is 0.722. The van der Waals surface area contributed by atoms with Crippen LogP contribution in [0.25, 0.3) is 0 Å². The second-order valence-electron chi connectivity index (χ2n) is 7.03. The summed E-state index contributed by atoms with van der Waals surface area (Å²) in [5, 5.41) is 0. The van der Waals surface area contributed by atoms with Crippen LogP contribution >= 0.6 is 0 Å².